The summed E-state index contributed by atoms with van der Waals surface area (Å²) in [5.41, 5.74) is 1.59. The molecule has 3 rings (SSSR count). The quantitative estimate of drug-likeness (QED) is 0.578. The number of rotatable bonds is 6. The zero-order chi connectivity index (χ0) is 18.7. The number of carbonyl (C=O) groups is 1. The second-order valence-corrected chi connectivity index (χ2v) is 8.35. The third-order valence-corrected chi connectivity index (χ3v) is 6.31. The van der Waals surface area contributed by atoms with Gasteiger partial charge in [-0.15, -0.1) is 21.5 Å². The number of thioether (sulfide) groups is 1. The van der Waals surface area contributed by atoms with E-state index in [-0.39, 0.29) is 11.2 Å². The molecule has 0 aliphatic rings. The Kier molecular flexibility index (Phi) is 6.01. The summed E-state index contributed by atoms with van der Waals surface area (Å²) in [4.78, 5) is 13.7. The predicted octanol–water partition coefficient (Wildman–Crippen LogP) is 5.11. The van der Waals surface area contributed by atoms with E-state index in [0.29, 0.717) is 5.02 Å². The summed E-state index contributed by atoms with van der Waals surface area (Å²) >= 11 is 9.14. The average Bonchev–Trinajstić information content (AvgIpc) is 3.28. The van der Waals surface area contributed by atoms with E-state index in [1.807, 2.05) is 55.0 Å². The minimum atomic E-state index is -0.320. The van der Waals surface area contributed by atoms with Crippen LogP contribution in [0.3, 0.4) is 0 Å². The van der Waals surface area contributed by atoms with Gasteiger partial charge in [0, 0.05) is 17.3 Å². The van der Waals surface area contributed by atoms with E-state index in [9.17, 15) is 4.79 Å². The lowest BCUT2D eigenvalue weighted by atomic mass is 10.2. The van der Waals surface area contributed by atoms with E-state index >= 15 is 0 Å². The first kappa shape index (κ1) is 18.9. The van der Waals surface area contributed by atoms with Gasteiger partial charge in [-0.1, -0.05) is 35.5 Å². The molecule has 136 valence electrons. The van der Waals surface area contributed by atoms with Crippen LogP contribution in [0.15, 0.2) is 40.9 Å². The first-order valence-corrected chi connectivity index (χ1v) is 10.3. The molecule has 26 heavy (non-hydrogen) atoms. The van der Waals surface area contributed by atoms with E-state index in [1.54, 1.807) is 17.4 Å². The molecule has 1 aromatic carbocycles. The number of nitrogens with one attached hydrogen (secondary N) is 1. The van der Waals surface area contributed by atoms with Crippen molar-refractivity contribution in [1.82, 2.24) is 14.8 Å². The van der Waals surface area contributed by atoms with Gasteiger partial charge < -0.3 is 9.88 Å². The standard InChI is InChI=1S/C18H19ClN4OS2/c1-4-23-16(15-9-6-10-25-15)21-22-18(23)26-12(3)17(24)20-14-8-5-7-13(19)11(14)2/h5-10,12H,4H2,1-3H3,(H,20,24). The van der Waals surface area contributed by atoms with Crippen molar-refractivity contribution < 1.29 is 4.79 Å². The van der Waals surface area contributed by atoms with Gasteiger partial charge in [-0.25, -0.2) is 0 Å². The van der Waals surface area contributed by atoms with E-state index in [1.165, 1.54) is 11.8 Å². The molecule has 0 fully saturated rings. The van der Waals surface area contributed by atoms with Crippen molar-refractivity contribution in [2.45, 2.75) is 37.7 Å². The lowest BCUT2D eigenvalue weighted by Gasteiger charge is -2.14. The Hall–Kier alpha value is -1.83. The molecule has 1 amide bonds. The van der Waals surface area contributed by atoms with Gasteiger partial charge in [0.25, 0.3) is 0 Å². The number of aromatic nitrogens is 3. The maximum atomic E-state index is 12.6. The Balaban J connectivity index is 1.74. The molecule has 3 aromatic rings. The average molecular weight is 407 g/mol. The summed E-state index contributed by atoms with van der Waals surface area (Å²) in [6, 6.07) is 9.49. The van der Waals surface area contributed by atoms with Gasteiger partial charge in [-0.2, -0.15) is 0 Å². The SMILES string of the molecule is CCn1c(SC(C)C(=O)Nc2cccc(Cl)c2C)nnc1-c1cccs1. The normalized spacial score (nSPS) is 12.2. The van der Waals surface area contributed by atoms with Gasteiger partial charge >= 0.3 is 0 Å². The number of amides is 1. The molecular weight excluding hydrogens is 388 g/mol. The lowest BCUT2D eigenvalue weighted by Crippen LogP contribution is -2.23. The van der Waals surface area contributed by atoms with E-state index in [2.05, 4.69) is 15.5 Å². The monoisotopic (exact) mass is 406 g/mol. The number of halogens is 1. The number of hydrogen-bond acceptors (Lipinski definition) is 5. The molecule has 1 unspecified atom stereocenters. The van der Waals surface area contributed by atoms with Crippen LogP contribution in [0, 0.1) is 6.92 Å². The third kappa shape index (κ3) is 3.95. The summed E-state index contributed by atoms with van der Waals surface area (Å²) in [6.45, 7) is 6.53. The Bertz CT molecular complexity index is 908. The highest BCUT2D eigenvalue weighted by Gasteiger charge is 2.21. The summed E-state index contributed by atoms with van der Waals surface area (Å²) in [6.07, 6.45) is 0. The lowest BCUT2D eigenvalue weighted by molar-refractivity contribution is -0.115. The zero-order valence-electron chi connectivity index (χ0n) is 14.7. The molecule has 0 spiro atoms. The van der Waals surface area contributed by atoms with Crippen molar-refractivity contribution in [1.29, 1.82) is 0 Å². The summed E-state index contributed by atoms with van der Waals surface area (Å²) in [7, 11) is 0. The smallest absolute Gasteiger partial charge is 0.237 e. The van der Waals surface area contributed by atoms with Gasteiger partial charge in [0.15, 0.2) is 11.0 Å². The summed E-state index contributed by atoms with van der Waals surface area (Å²) in [5.74, 6) is 0.743. The van der Waals surface area contributed by atoms with Crippen LogP contribution in [0.1, 0.15) is 19.4 Å². The van der Waals surface area contributed by atoms with Gasteiger partial charge in [-0.05, 0) is 49.9 Å². The Labute approximate surface area is 165 Å². The molecule has 0 bridgehead atoms. The number of carbonyl (C=O) groups excluding carboxylic acids is 1. The number of anilines is 1. The van der Waals surface area contributed by atoms with Crippen LogP contribution in [0.5, 0.6) is 0 Å². The van der Waals surface area contributed by atoms with Crippen LogP contribution in [0.25, 0.3) is 10.7 Å². The molecule has 2 aromatic heterocycles. The van der Waals surface area contributed by atoms with Gasteiger partial charge in [0.1, 0.15) is 0 Å². The highest BCUT2D eigenvalue weighted by molar-refractivity contribution is 8.00. The van der Waals surface area contributed by atoms with Crippen LogP contribution in [-0.4, -0.2) is 25.9 Å². The van der Waals surface area contributed by atoms with Gasteiger partial charge in [-0.3, -0.25) is 4.79 Å². The molecule has 0 saturated carbocycles. The fourth-order valence-corrected chi connectivity index (χ4v) is 4.24. The molecule has 2 heterocycles. The largest absolute Gasteiger partial charge is 0.325 e. The van der Waals surface area contributed by atoms with Gasteiger partial charge in [0.05, 0.1) is 10.1 Å². The zero-order valence-corrected chi connectivity index (χ0v) is 17.1. The van der Waals surface area contributed by atoms with Crippen LogP contribution in [-0.2, 0) is 11.3 Å². The Morgan fingerprint density at radius 3 is 2.85 bits per heavy atom. The molecule has 0 aliphatic carbocycles. The molecular formula is C18H19ClN4OS2. The van der Waals surface area contributed by atoms with Crippen LogP contribution < -0.4 is 5.32 Å². The first-order chi connectivity index (χ1) is 12.5. The first-order valence-electron chi connectivity index (χ1n) is 8.21. The highest BCUT2D eigenvalue weighted by atomic mass is 35.5. The van der Waals surface area contributed by atoms with Crippen molar-refractivity contribution in [2.24, 2.45) is 0 Å². The van der Waals surface area contributed by atoms with Crippen molar-refractivity contribution in [3.63, 3.8) is 0 Å². The predicted molar refractivity (Wildman–Crippen MR) is 109 cm³/mol. The maximum Gasteiger partial charge on any atom is 0.237 e. The number of benzene rings is 1. The van der Waals surface area contributed by atoms with Crippen molar-refractivity contribution in [2.75, 3.05) is 5.32 Å². The number of thiophene rings is 1. The summed E-state index contributed by atoms with van der Waals surface area (Å²) < 4.78 is 2.03. The molecule has 0 aliphatic heterocycles. The molecule has 5 nitrogen and oxygen atoms in total. The Morgan fingerprint density at radius 1 is 1.35 bits per heavy atom. The van der Waals surface area contributed by atoms with E-state index in [4.69, 9.17) is 11.6 Å². The topological polar surface area (TPSA) is 59.8 Å². The van der Waals surface area contributed by atoms with Crippen LogP contribution in [0.4, 0.5) is 5.69 Å². The van der Waals surface area contributed by atoms with Crippen molar-refractivity contribution >= 4 is 46.3 Å². The third-order valence-electron chi connectivity index (χ3n) is 3.95. The molecule has 0 saturated heterocycles. The van der Waals surface area contributed by atoms with Crippen molar-refractivity contribution in [3.8, 4) is 10.7 Å². The molecule has 8 heteroatoms. The molecule has 1 N–H and O–H groups in total. The number of hydrogen-bond donors (Lipinski definition) is 1. The van der Waals surface area contributed by atoms with Crippen molar-refractivity contribution in [3.05, 3.63) is 46.3 Å². The summed E-state index contributed by atoms with van der Waals surface area (Å²) in [5, 5.41) is 14.6. The highest BCUT2D eigenvalue weighted by Crippen LogP contribution is 2.30. The van der Waals surface area contributed by atoms with Gasteiger partial charge in [0.2, 0.25) is 5.91 Å². The van der Waals surface area contributed by atoms with E-state index in [0.717, 1.165) is 33.7 Å². The maximum absolute atomic E-state index is 12.6. The second-order valence-electron chi connectivity index (χ2n) is 5.69. The fourth-order valence-electron chi connectivity index (χ4n) is 2.44. The number of nitrogens with zero attached hydrogens (tertiary/aromatic N) is 3. The van der Waals surface area contributed by atoms with Crippen LogP contribution in [0.2, 0.25) is 5.02 Å². The Morgan fingerprint density at radius 2 is 2.15 bits per heavy atom. The second kappa shape index (κ2) is 8.24. The minimum Gasteiger partial charge on any atom is -0.325 e. The molecule has 1 atom stereocenters. The molecule has 0 radical (unpaired) electrons. The minimum absolute atomic E-state index is 0.0938. The fraction of sp³-hybridized carbons (Fsp3) is 0.278. The van der Waals surface area contributed by atoms with Crippen LogP contribution >= 0.6 is 34.7 Å². The van der Waals surface area contributed by atoms with E-state index < -0.39 is 0 Å².